The molecule has 0 radical (unpaired) electrons. The molecule has 7 heteroatoms. The van der Waals surface area contributed by atoms with Gasteiger partial charge in [-0.25, -0.2) is 4.79 Å². The number of rotatable bonds is 5. The Bertz CT molecular complexity index is 607. The van der Waals surface area contributed by atoms with Crippen LogP contribution in [0.25, 0.3) is 0 Å². The zero-order valence-corrected chi connectivity index (χ0v) is 12.6. The fourth-order valence-corrected chi connectivity index (χ4v) is 5.38. The number of carbonyl (C=O) groups excluding carboxylic acids is 1. The zero-order chi connectivity index (χ0) is 15.4. The Morgan fingerprint density at radius 3 is 2.71 bits per heavy atom. The van der Waals surface area contributed by atoms with Crippen molar-refractivity contribution >= 4 is 16.1 Å². The van der Waals surface area contributed by atoms with E-state index in [9.17, 15) is 13.2 Å². The van der Waals surface area contributed by atoms with Crippen molar-refractivity contribution in [3.05, 3.63) is 24.5 Å². The highest BCUT2D eigenvalue weighted by atomic mass is 32.2. The molecular formula is C14H18O6S. The van der Waals surface area contributed by atoms with Crippen molar-refractivity contribution in [1.82, 2.24) is 0 Å². The lowest BCUT2D eigenvalue weighted by Gasteiger charge is -2.24. The first-order valence-electron chi connectivity index (χ1n) is 6.89. The van der Waals surface area contributed by atoms with Crippen LogP contribution in [-0.2, 0) is 28.6 Å². The van der Waals surface area contributed by atoms with Gasteiger partial charge in [0.2, 0.25) is 0 Å². The summed E-state index contributed by atoms with van der Waals surface area (Å²) in [6.07, 6.45) is 0.247. The predicted octanol–water partition coefficient (Wildman–Crippen LogP) is 1.14. The molecule has 2 saturated carbocycles. The van der Waals surface area contributed by atoms with Crippen molar-refractivity contribution in [2.24, 2.45) is 11.8 Å². The number of hydrogen-bond acceptors (Lipinski definition) is 6. The van der Waals surface area contributed by atoms with Crippen LogP contribution in [0.1, 0.15) is 19.8 Å². The van der Waals surface area contributed by atoms with Gasteiger partial charge < -0.3 is 9.47 Å². The van der Waals surface area contributed by atoms with E-state index in [1.54, 1.807) is 6.92 Å². The monoisotopic (exact) mass is 314 g/mol. The smallest absolute Gasteiger partial charge is 0.344 e. The Labute approximate surface area is 123 Å². The number of ether oxygens (including phenoxy) is 2. The van der Waals surface area contributed by atoms with Gasteiger partial charge >= 0.3 is 5.97 Å². The maximum Gasteiger partial charge on any atom is 0.344 e. The number of allylic oxidation sites excluding steroid dienone is 1. The van der Waals surface area contributed by atoms with Crippen LogP contribution in [-0.4, -0.2) is 38.5 Å². The predicted molar refractivity (Wildman–Crippen MR) is 73.6 cm³/mol. The second-order valence-electron chi connectivity index (χ2n) is 5.93. The maximum absolute atomic E-state index is 11.8. The highest BCUT2D eigenvalue weighted by Gasteiger charge is 2.65. The molecule has 3 fully saturated rings. The van der Waals surface area contributed by atoms with Crippen LogP contribution in [0.4, 0.5) is 0 Å². The largest absolute Gasteiger partial charge is 0.482 e. The van der Waals surface area contributed by atoms with E-state index in [0.717, 1.165) is 6.42 Å². The Balaban J connectivity index is 1.59. The minimum atomic E-state index is -3.49. The summed E-state index contributed by atoms with van der Waals surface area (Å²) in [5, 5.41) is -0.415. The van der Waals surface area contributed by atoms with Gasteiger partial charge in [-0.1, -0.05) is 13.2 Å². The van der Waals surface area contributed by atoms with Gasteiger partial charge in [0, 0.05) is 11.8 Å². The third kappa shape index (κ3) is 2.38. The van der Waals surface area contributed by atoms with E-state index in [1.165, 1.54) is 0 Å². The van der Waals surface area contributed by atoms with Crippen molar-refractivity contribution in [2.75, 3.05) is 6.61 Å². The van der Waals surface area contributed by atoms with Gasteiger partial charge in [-0.2, -0.15) is 8.42 Å². The van der Waals surface area contributed by atoms with Gasteiger partial charge in [0.05, 0.1) is 5.25 Å². The molecular weight excluding hydrogens is 296 g/mol. The molecule has 1 aliphatic heterocycles. The summed E-state index contributed by atoms with van der Waals surface area (Å²) in [6.45, 7) is 8.73. The molecule has 5 atom stereocenters. The second kappa shape index (κ2) is 4.84. The molecule has 6 nitrogen and oxygen atoms in total. The van der Waals surface area contributed by atoms with Crippen molar-refractivity contribution in [3.63, 3.8) is 0 Å². The Morgan fingerprint density at radius 1 is 1.33 bits per heavy atom. The highest BCUT2D eigenvalue weighted by molar-refractivity contribution is 7.87. The fourth-order valence-electron chi connectivity index (χ4n) is 3.50. The first-order valence-corrected chi connectivity index (χ1v) is 8.36. The molecule has 1 saturated heterocycles. The van der Waals surface area contributed by atoms with E-state index in [4.69, 9.17) is 13.7 Å². The lowest BCUT2D eigenvalue weighted by Crippen LogP contribution is -2.38. The molecule has 0 aromatic rings. The molecule has 2 bridgehead atoms. The van der Waals surface area contributed by atoms with Crippen LogP contribution in [0.15, 0.2) is 24.5 Å². The molecule has 0 aromatic carbocycles. The lowest BCUT2D eigenvalue weighted by molar-refractivity contribution is -0.159. The van der Waals surface area contributed by atoms with Crippen LogP contribution < -0.4 is 0 Å². The van der Waals surface area contributed by atoms with E-state index in [0.29, 0.717) is 17.8 Å². The minimum Gasteiger partial charge on any atom is -0.482 e. The molecule has 0 N–H and O–H groups in total. The quantitative estimate of drug-likeness (QED) is 0.328. The standard InChI is InChI=1S/C14H18O6S/c1-7(2)8(3)18-6-12(15)19-13-9-4-10-11(5-9)21(16,17)20-14(10)13/h9-11,13-14H,1,3-6H2,2H3. The average molecular weight is 314 g/mol. The van der Waals surface area contributed by atoms with Gasteiger partial charge in [0.15, 0.2) is 6.61 Å². The maximum atomic E-state index is 11.8. The van der Waals surface area contributed by atoms with E-state index in [-0.39, 0.29) is 18.4 Å². The molecule has 0 spiro atoms. The normalized spacial score (nSPS) is 38.2. The number of hydrogen-bond donors (Lipinski definition) is 0. The summed E-state index contributed by atoms with van der Waals surface area (Å²) in [5.41, 5.74) is 0.635. The number of fused-ring (bicyclic) bond motifs is 1. The van der Waals surface area contributed by atoms with Gasteiger partial charge in [0.1, 0.15) is 18.0 Å². The average Bonchev–Trinajstić information content (AvgIpc) is 2.99. The summed E-state index contributed by atoms with van der Waals surface area (Å²) >= 11 is 0. The Hall–Kier alpha value is -1.34. The van der Waals surface area contributed by atoms with Crippen molar-refractivity contribution in [3.8, 4) is 0 Å². The van der Waals surface area contributed by atoms with Crippen molar-refractivity contribution in [1.29, 1.82) is 0 Å². The molecule has 1 heterocycles. The number of carbonyl (C=O) groups is 1. The van der Waals surface area contributed by atoms with Crippen LogP contribution in [0.3, 0.4) is 0 Å². The number of esters is 1. The van der Waals surface area contributed by atoms with Gasteiger partial charge in [-0.15, -0.1) is 0 Å². The fraction of sp³-hybridized carbons (Fsp3) is 0.643. The van der Waals surface area contributed by atoms with Crippen LogP contribution in [0.5, 0.6) is 0 Å². The third-order valence-corrected chi connectivity index (χ3v) is 6.30. The topological polar surface area (TPSA) is 78.9 Å². The summed E-state index contributed by atoms with van der Waals surface area (Å²) in [4.78, 5) is 11.8. The Morgan fingerprint density at radius 2 is 2.05 bits per heavy atom. The SMILES string of the molecule is C=C(C)C(=C)OCC(=O)OC1C2CC3C1OS(=O)(=O)C3C2. The van der Waals surface area contributed by atoms with E-state index in [2.05, 4.69) is 13.2 Å². The lowest BCUT2D eigenvalue weighted by atomic mass is 9.94. The van der Waals surface area contributed by atoms with Gasteiger partial charge in [-0.05, 0) is 25.3 Å². The highest BCUT2D eigenvalue weighted by Crippen LogP contribution is 2.55. The first kappa shape index (κ1) is 14.6. The first-order chi connectivity index (χ1) is 9.79. The van der Waals surface area contributed by atoms with Crippen LogP contribution in [0.2, 0.25) is 0 Å². The molecule has 5 unspecified atom stereocenters. The van der Waals surface area contributed by atoms with E-state index >= 15 is 0 Å². The molecule has 21 heavy (non-hydrogen) atoms. The summed E-state index contributed by atoms with van der Waals surface area (Å²) in [7, 11) is -3.49. The van der Waals surface area contributed by atoms with Gasteiger partial charge in [0.25, 0.3) is 10.1 Å². The van der Waals surface area contributed by atoms with Gasteiger partial charge in [-0.3, -0.25) is 4.18 Å². The molecule has 3 aliphatic rings. The Kier molecular flexibility index (Phi) is 3.37. The third-order valence-electron chi connectivity index (χ3n) is 4.52. The molecule has 3 rings (SSSR count). The molecule has 0 amide bonds. The summed E-state index contributed by atoms with van der Waals surface area (Å²) < 4.78 is 39.2. The van der Waals surface area contributed by atoms with E-state index in [1.807, 2.05) is 0 Å². The van der Waals surface area contributed by atoms with Crippen LogP contribution >= 0.6 is 0 Å². The summed E-state index contributed by atoms with van der Waals surface area (Å²) in [6, 6.07) is 0. The van der Waals surface area contributed by atoms with Crippen molar-refractivity contribution < 1.29 is 26.9 Å². The zero-order valence-electron chi connectivity index (χ0n) is 11.8. The molecule has 0 aromatic heterocycles. The van der Waals surface area contributed by atoms with Crippen LogP contribution in [0, 0.1) is 11.8 Å². The summed E-state index contributed by atoms with van der Waals surface area (Å²) in [5.74, 6) is -0.182. The molecule has 116 valence electrons. The second-order valence-corrected chi connectivity index (χ2v) is 7.72. The van der Waals surface area contributed by atoms with Crippen molar-refractivity contribution in [2.45, 2.75) is 37.2 Å². The molecule has 2 aliphatic carbocycles. The van der Waals surface area contributed by atoms with E-state index < -0.39 is 33.5 Å². The minimum absolute atomic E-state index is 0.0379.